The van der Waals surface area contributed by atoms with E-state index in [-0.39, 0.29) is 0 Å². The van der Waals surface area contributed by atoms with Crippen molar-refractivity contribution in [2.75, 3.05) is 0 Å². The predicted molar refractivity (Wildman–Crippen MR) is 41.5 cm³/mol. The average molecular weight is 140 g/mol. The average Bonchev–Trinajstić information content (AvgIpc) is 2.63. The van der Waals surface area contributed by atoms with Crippen molar-refractivity contribution in [3.05, 3.63) is 0 Å². The number of hydrogen-bond donors (Lipinski definition) is 2. The van der Waals surface area contributed by atoms with Crippen LogP contribution in [0.2, 0.25) is 0 Å². The second-order valence-corrected chi connectivity index (χ2v) is 3.54. The van der Waals surface area contributed by atoms with Gasteiger partial charge in [0.05, 0.1) is 0 Å². The van der Waals surface area contributed by atoms with Crippen LogP contribution < -0.4 is 10.9 Å². The van der Waals surface area contributed by atoms with E-state index >= 15 is 0 Å². The highest BCUT2D eigenvalue weighted by Gasteiger charge is 2.22. The van der Waals surface area contributed by atoms with Gasteiger partial charge >= 0.3 is 0 Å². The van der Waals surface area contributed by atoms with Crippen molar-refractivity contribution in [2.45, 2.75) is 50.6 Å². The summed E-state index contributed by atoms with van der Waals surface area (Å²) in [6.45, 7) is 0. The minimum absolute atomic E-state index is 0.778. The van der Waals surface area contributed by atoms with Crippen LogP contribution >= 0.6 is 0 Å². The maximum Gasteiger partial charge on any atom is 0.0214 e. The van der Waals surface area contributed by atoms with Gasteiger partial charge in [-0.3, -0.25) is 10.9 Å². The van der Waals surface area contributed by atoms with Crippen molar-refractivity contribution in [1.82, 2.24) is 10.9 Å². The third kappa shape index (κ3) is 1.70. The molecule has 0 heterocycles. The second kappa shape index (κ2) is 2.89. The fraction of sp³-hybridized carbons (Fsp3) is 1.00. The van der Waals surface area contributed by atoms with Gasteiger partial charge in [0, 0.05) is 12.1 Å². The maximum absolute atomic E-state index is 3.39. The summed E-state index contributed by atoms with van der Waals surface area (Å²) in [7, 11) is 0. The smallest absolute Gasteiger partial charge is 0.0214 e. The largest absolute Gasteiger partial charge is 0.255 e. The molecule has 0 spiro atoms. The first-order valence-electron chi connectivity index (χ1n) is 4.46. The van der Waals surface area contributed by atoms with Crippen molar-refractivity contribution in [2.24, 2.45) is 0 Å². The Kier molecular flexibility index (Phi) is 1.91. The third-order valence-electron chi connectivity index (χ3n) is 2.42. The van der Waals surface area contributed by atoms with Gasteiger partial charge in [0.15, 0.2) is 0 Å². The van der Waals surface area contributed by atoms with E-state index in [1.54, 1.807) is 0 Å². The van der Waals surface area contributed by atoms with Gasteiger partial charge in [-0.2, -0.15) is 0 Å². The normalized spacial score (nSPS) is 27.6. The molecule has 0 aromatic carbocycles. The Morgan fingerprint density at radius 2 is 1.20 bits per heavy atom. The number of hydrogen-bond acceptors (Lipinski definition) is 2. The number of nitrogens with one attached hydrogen (secondary N) is 2. The monoisotopic (exact) mass is 140 g/mol. The van der Waals surface area contributed by atoms with Crippen molar-refractivity contribution < 1.29 is 0 Å². The molecule has 58 valence electrons. The Hall–Kier alpha value is -0.0800. The zero-order valence-corrected chi connectivity index (χ0v) is 6.40. The SMILES string of the molecule is C1CCC(NNC2CC2)C1. The van der Waals surface area contributed by atoms with Crippen LogP contribution in [0.15, 0.2) is 0 Å². The molecule has 2 N–H and O–H groups in total. The molecule has 2 nitrogen and oxygen atoms in total. The van der Waals surface area contributed by atoms with E-state index in [1.807, 2.05) is 0 Å². The number of hydrazine groups is 1. The first-order chi connectivity index (χ1) is 4.95. The van der Waals surface area contributed by atoms with Crippen molar-refractivity contribution in [3.63, 3.8) is 0 Å². The van der Waals surface area contributed by atoms with E-state index in [9.17, 15) is 0 Å². The molecule has 0 aromatic heterocycles. The standard InChI is InChI=1S/C8H16N2/c1-2-4-7(3-1)9-10-8-5-6-8/h7-10H,1-6H2. The molecule has 0 atom stereocenters. The molecule has 0 aromatic rings. The zero-order chi connectivity index (χ0) is 6.81. The summed E-state index contributed by atoms with van der Waals surface area (Å²) in [6, 6.07) is 1.58. The van der Waals surface area contributed by atoms with E-state index in [2.05, 4.69) is 10.9 Å². The Morgan fingerprint density at radius 1 is 0.700 bits per heavy atom. The summed E-state index contributed by atoms with van der Waals surface area (Å²) < 4.78 is 0. The number of rotatable bonds is 3. The first-order valence-corrected chi connectivity index (χ1v) is 4.46. The zero-order valence-electron chi connectivity index (χ0n) is 6.40. The molecule has 0 radical (unpaired) electrons. The highest BCUT2D eigenvalue weighted by molar-refractivity contribution is 4.81. The molecule has 0 aliphatic heterocycles. The molecule has 2 aliphatic rings. The van der Waals surface area contributed by atoms with E-state index in [1.165, 1.54) is 38.5 Å². The van der Waals surface area contributed by atoms with Crippen LogP contribution in [0.4, 0.5) is 0 Å². The van der Waals surface area contributed by atoms with Gasteiger partial charge in [0.25, 0.3) is 0 Å². The lowest BCUT2D eigenvalue weighted by molar-refractivity contribution is 0.431. The third-order valence-corrected chi connectivity index (χ3v) is 2.42. The fourth-order valence-corrected chi connectivity index (χ4v) is 1.53. The molecule has 0 unspecified atom stereocenters. The molecule has 2 saturated carbocycles. The Labute approximate surface area is 62.4 Å². The van der Waals surface area contributed by atoms with Gasteiger partial charge < -0.3 is 0 Å². The van der Waals surface area contributed by atoms with Gasteiger partial charge in [-0.05, 0) is 25.7 Å². The van der Waals surface area contributed by atoms with Crippen LogP contribution in [0, 0.1) is 0 Å². The first kappa shape index (κ1) is 6.62. The lowest BCUT2D eigenvalue weighted by Crippen LogP contribution is -2.40. The molecule has 10 heavy (non-hydrogen) atoms. The Balaban J connectivity index is 1.59. The molecular formula is C8H16N2. The van der Waals surface area contributed by atoms with Crippen molar-refractivity contribution in [1.29, 1.82) is 0 Å². The topological polar surface area (TPSA) is 24.1 Å². The quantitative estimate of drug-likeness (QED) is 0.575. The van der Waals surface area contributed by atoms with Crippen molar-refractivity contribution >= 4 is 0 Å². The predicted octanol–water partition coefficient (Wildman–Crippen LogP) is 1.19. The van der Waals surface area contributed by atoms with Gasteiger partial charge in [-0.25, -0.2) is 0 Å². The second-order valence-electron chi connectivity index (χ2n) is 3.54. The van der Waals surface area contributed by atoms with Crippen LogP contribution in [-0.4, -0.2) is 12.1 Å². The Bertz CT molecular complexity index is 104. The molecule has 0 saturated heterocycles. The van der Waals surface area contributed by atoms with Crippen molar-refractivity contribution in [3.8, 4) is 0 Å². The summed E-state index contributed by atoms with van der Waals surface area (Å²) in [6.07, 6.45) is 8.34. The summed E-state index contributed by atoms with van der Waals surface area (Å²) in [4.78, 5) is 0. The van der Waals surface area contributed by atoms with Crippen LogP contribution in [-0.2, 0) is 0 Å². The van der Waals surface area contributed by atoms with Gasteiger partial charge in [0.1, 0.15) is 0 Å². The highest BCUT2D eigenvalue weighted by Crippen LogP contribution is 2.20. The molecule has 2 aliphatic carbocycles. The summed E-state index contributed by atoms with van der Waals surface area (Å²) in [5.41, 5.74) is 6.74. The van der Waals surface area contributed by atoms with E-state index < -0.39 is 0 Å². The summed E-state index contributed by atoms with van der Waals surface area (Å²) in [5.74, 6) is 0. The minimum Gasteiger partial charge on any atom is -0.255 e. The van der Waals surface area contributed by atoms with E-state index in [0.29, 0.717) is 0 Å². The highest BCUT2D eigenvalue weighted by atomic mass is 15.4. The molecule has 2 heteroatoms. The van der Waals surface area contributed by atoms with E-state index in [4.69, 9.17) is 0 Å². The summed E-state index contributed by atoms with van der Waals surface area (Å²) >= 11 is 0. The van der Waals surface area contributed by atoms with E-state index in [0.717, 1.165) is 12.1 Å². The van der Waals surface area contributed by atoms with Gasteiger partial charge in [-0.15, -0.1) is 0 Å². The summed E-state index contributed by atoms with van der Waals surface area (Å²) in [5, 5.41) is 0. The lowest BCUT2D eigenvalue weighted by atomic mass is 10.3. The fourth-order valence-electron chi connectivity index (χ4n) is 1.53. The maximum atomic E-state index is 3.39. The van der Waals surface area contributed by atoms with Crippen LogP contribution in [0.5, 0.6) is 0 Å². The Morgan fingerprint density at radius 3 is 1.70 bits per heavy atom. The molecule has 0 amide bonds. The molecule has 2 rings (SSSR count). The molecule has 2 fully saturated rings. The van der Waals surface area contributed by atoms with Gasteiger partial charge in [-0.1, -0.05) is 12.8 Å². The van der Waals surface area contributed by atoms with Crippen LogP contribution in [0.25, 0.3) is 0 Å². The molecule has 0 bridgehead atoms. The molecular weight excluding hydrogens is 124 g/mol. The van der Waals surface area contributed by atoms with Gasteiger partial charge in [0.2, 0.25) is 0 Å². The lowest BCUT2D eigenvalue weighted by Gasteiger charge is -2.11. The minimum atomic E-state index is 0.778. The van der Waals surface area contributed by atoms with Crippen LogP contribution in [0.1, 0.15) is 38.5 Å². The van der Waals surface area contributed by atoms with Crippen LogP contribution in [0.3, 0.4) is 0 Å².